The molecule has 1 aromatic heterocycles. The molecule has 0 unspecified atom stereocenters. The Morgan fingerprint density at radius 2 is 1.95 bits per heavy atom. The molecule has 1 aromatic carbocycles. The molecule has 0 radical (unpaired) electrons. The van der Waals surface area contributed by atoms with Crippen molar-refractivity contribution in [3.8, 4) is 0 Å². The van der Waals surface area contributed by atoms with E-state index in [4.69, 9.17) is 0 Å². The molecule has 22 heavy (non-hydrogen) atoms. The highest BCUT2D eigenvalue weighted by Crippen LogP contribution is 2.39. The number of pyridine rings is 1. The van der Waals surface area contributed by atoms with Crippen LogP contribution in [-0.4, -0.2) is 23.2 Å². The quantitative estimate of drug-likeness (QED) is 0.828. The number of hydrogen-bond donors (Lipinski definition) is 2. The lowest BCUT2D eigenvalue weighted by molar-refractivity contribution is -0.136. The summed E-state index contributed by atoms with van der Waals surface area (Å²) in [5.41, 5.74) is -1.10. The Balaban J connectivity index is 2.53. The highest BCUT2D eigenvalue weighted by molar-refractivity contribution is 9.10. The van der Waals surface area contributed by atoms with Crippen LogP contribution < -0.4 is 5.32 Å². The molecule has 2 N–H and O–H groups in total. The maximum atomic E-state index is 13.2. The second kappa shape index (κ2) is 6.04. The Kier molecular flexibility index (Phi) is 4.67. The number of rotatable bonds is 4. The summed E-state index contributed by atoms with van der Waals surface area (Å²) in [5.74, 6) is 0.367. The highest BCUT2D eigenvalue weighted by Gasteiger charge is 2.33. The molecule has 0 aliphatic heterocycles. The minimum Gasteiger partial charge on any atom is -0.396 e. The molecule has 0 fully saturated rings. The number of aliphatic hydroxyl groups excluding tert-OH is 1. The summed E-state index contributed by atoms with van der Waals surface area (Å²) in [6.45, 7) is 4.05. The summed E-state index contributed by atoms with van der Waals surface area (Å²) in [6, 6.07) is 4.01. The number of nitrogens with zero attached hydrogens (tertiary/aromatic N) is 1. The summed E-state index contributed by atoms with van der Waals surface area (Å²) in [5, 5.41) is 12.8. The molecule has 120 valence electrons. The molecule has 0 aliphatic rings. The molecule has 7 heteroatoms. The summed E-state index contributed by atoms with van der Waals surface area (Å²) < 4.78 is 39.8. The van der Waals surface area contributed by atoms with Gasteiger partial charge in [0, 0.05) is 40.0 Å². The van der Waals surface area contributed by atoms with E-state index in [1.807, 2.05) is 13.8 Å². The summed E-state index contributed by atoms with van der Waals surface area (Å²) >= 11 is 3.15. The maximum absolute atomic E-state index is 13.2. The third-order valence-electron chi connectivity index (χ3n) is 3.33. The van der Waals surface area contributed by atoms with E-state index in [2.05, 4.69) is 26.2 Å². The Bertz CT molecular complexity index is 686. The van der Waals surface area contributed by atoms with Crippen molar-refractivity contribution >= 4 is 32.5 Å². The fraction of sp³-hybridized carbons (Fsp3) is 0.400. The third-order valence-corrected chi connectivity index (χ3v) is 3.93. The molecule has 0 atom stereocenters. The third kappa shape index (κ3) is 3.52. The van der Waals surface area contributed by atoms with Gasteiger partial charge >= 0.3 is 6.18 Å². The lowest BCUT2D eigenvalue weighted by atomic mass is 9.95. The van der Waals surface area contributed by atoms with Gasteiger partial charge in [-0.05, 0) is 22.0 Å². The summed E-state index contributed by atoms with van der Waals surface area (Å²) in [6.07, 6.45) is -3.09. The van der Waals surface area contributed by atoms with Crippen LogP contribution in [0.4, 0.5) is 19.0 Å². The Labute approximate surface area is 134 Å². The molecule has 2 rings (SSSR count). The normalized spacial score (nSPS) is 12.7. The first-order chi connectivity index (χ1) is 10.2. The smallest absolute Gasteiger partial charge is 0.396 e. The minimum absolute atomic E-state index is 0.0394. The van der Waals surface area contributed by atoms with Crippen LogP contribution in [0.5, 0.6) is 0 Å². The van der Waals surface area contributed by atoms with Crippen LogP contribution in [0.1, 0.15) is 19.4 Å². The number of aliphatic hydroxyl groups is 1. The zero-order valence-corrected chi connectivity index (χ0v) is 13.7. The first-order valence-electron chi connectivity index (χ1n) is 6.65. The fourth-order valence-corrected chi connectivity index (χ4v) is 2.55. The van der Waals surface area contributed by atoms with E-state index in [1.165, 1.54) is 12.3 Å². The van der Waals surface area contributed by atoms with Crippen molar-refractivity contribution in [2.24, 2.45) is 5.41 Å². The molecule has 3 nitrogen and oxygen atoms in total. The highest BCUT2D eigenvalue weighted by atomic mass is 79.9. The van der Waals surface area contributed by atoms with Crippen molar-refractivity contribution in [3.05, 3.63) is 34.4 Å². The van der Waals surface area contributed by atoms with Crippen molar-refractivity contribution in [1.29, 1.82) is 0 Å². The summed E-state index contributed by atoms with van der Waals surface area (Å²) in [7, 11) is 0. The Hall–Kier alpha value is -1.34. The predicted molar refractivity (Wildman–Crippen MR) is 83.8 cm³/mol. The van der Waals surface area contributed by atoms with Crippen LogP contribution in [0, 0.1) is 5.41 Å². The van der Waals surface area contributed by atoms with Gasteiger partial charge in [0.2, 0.25) is 0 Å². The predicted octanol–water partition coefficient (Wildman–Crippen LogP) is 4.45. The van der Waals surface area contributed by atoms with Crippen molar-refractivity contribution < 1.29 is 18.3 Å². The Morgan fingerprint density at radius 3 is 2.55 bits per heavy atom. The lowest BCUT2D eigenvalue weighted by Crippen LogP contribution is -2.27. The van der Waals surface area contributed by atoms with E-state index < -0.39 is 17.2 Å². The Morgan fingerprint density at radius 1 is 1.27 bits per heavy atom. The van der Waals surface area contributed by atoms with Crippen LogP contribution >= 0.6 is 15.9 Å². The average molecular weight is 377 g/mol. The van der Waals surface area contributed by atoms with Crippen molar-refractivity contribution in [2.75, 3.05) is 18.5 Å². The standard InChI is InChI=1S/C15H16BrF3N2O/c1-14(2,8-22)7-21-13-9-4-3-5-10(15(17,18)19)12(9)11(16)6-20-13/h3-6,22H,7-8H2,1-2H3,(H,20,21). The first-order valence-corrected chi connectivity index (χ1v) is 7.44. The van der Waals surface area contributed by atoms with Gasteiger partial charge in [0.05, 0.1) is 5.56 Å². The van der Waals surface area contributed by atoms with Crippen molar-refractivity contribution in [2.45, 2.75) is 20.0 Å². The first kappa shape index (κ1) is 17.0. The molecular formula is C15H16BrF3N2O. The number of hydrogen-bond acceptors (Lipinski definition) is 3. The van der Waals surface area contributed by atoms with Crippen LogP contribution in [0.3, 0.4) is 0 Å². The molecule has 2 aromatic rings. The van der Waals surface area contributed by atoms with Gasteiger partial charge in [0.15, 0.2) is 0 Å². The topological polar surface area (TPSA) is 45.1 Å². The maximum Gasteiger partial charge on any atom is 0.417 e. The fourth-order valence-electron chi connectivity index (χ4n) is 2.02. The zero-order chi connectivity index (χ0) is 16.5. The van der Waals surface area contributed by atoms with E-state index in [9.17, 15) is 18.3 Å². The minimum atomic E-state index is -4.44. The number of anilines is 1. The van der Waals surface area contributed by atoms with Gasteiger partial charge in [-0.2, -0.15) is 13.2 Å². The molecular weight excluding hydrogens is 361 g/mol. The molecule has 1 heterocycles. The van der Waals surface area contributed by atoms with E-state index in [-0.39, 0.29) is 12.0 Å². The van der Waals surface area contributed by atoms with Gasteiger partial charge in [-0.15, -0.1) is 0 Å². The van der Waals surface area contributed by atoms with Gasteiger partial charge in [0.25, 0.3) is 0 Å². The van der Waals surface area contributed by atoms with Crippen LogP contribution in [0.25, 0.3) is 10.8 Å². The average Bonchev–Trinajstić information content (AvgIpc) is 2.45. The van der Waals surface area contributed by atoms with Gasteiger partial charge in [-0.25, -0.2) is 4.98 Å². The van der Waals surface area contributed by atoms with Gasteiger partial charge in [0.1, 0.15) is 5.82 Å². The van der Waals surface area contributed by atoms with Crippen LogP contribution in [0.2, 0.25) is 0 Å². The monoisotopic (exact) mass is 376 g/mol. The number of aromatic nitrogens is 1. The van der Waals surface area contributed by atoms with Gasteiger partial charge in [-0.3, -0.25) is 0 Å². The second-order valence-corrected chi connectivity index (χ2v) is 6.71. The zero-order valence-electron chi connectivity index (χ0n) is 12.1. The largest absolute Gasteiger partial charge is 0.417 e. The van der Waals surface area contributed by atoms with Gasteiger partial charge in [-0.1, -0.05) is 26.0 Å². The number of fused-ring (bicyclic) bond motifs is 1. The van der Waals surface area contributed by atoms with E-state index in [0.717, 1.165) is 6.07 Å². The van der Waals surface area contributed by atoms with E-state index in [1.54, 1.807) is 6.07 Å². The number of alkyl halides is 3. The molecule has 0 saturated carbocycles. The van der Waals surface area contributed by atoms with Crippen LogP contribution in [-0.2, 0) is 6.18 Å². The van der Waals surface area contributed by atoms with E-state index in [0.29, 0.717) is 22.2 Å². The molecule has 0 spiro atoms. The molecule has 0 amide bonds. The van der Waals surface area contributed by atoms with Crippen molar-refractivity contribution in [1.82, 2.24) is 4.98 Å². The molecule has 0 bridgehead atoms. The SMILES string of the molecule is CC(C)(CO)CNc1ncc(Br)c2c(C(F)(F)F)cccc12. The molecule has 0 saturated heterocycles. The van der Waals surface area contributed by atoms with Crippen molar-refractivity contribution in [3.63, 3.8) is 0 Å². The number of benzene rings is 1. The van der Waals surface area contributed by atoms with E-state index >= 15 is 0 Å². The number of halogens is 4. The second-order valence-electron chi connectivity index (χ2n) is 5.86. The lowest BCUT2D eigenvalue weighted by Gasteiger charge is -2.23. The summed E-state index contributed by atoms with van der Waals surface area (Å²) in [4.78, 5) is 4.16. The van der Waals surface area contributed by atoms with Gasteiger partial charge < -0.3 is 10.4 Å². The van der Waals surface area contributed by atoms with Crippen LogP contribution in [0.15, 0.2) is 28.9 Å². The number of nitrogens with one attached hydrogen (secondary N) is 1. The molecule has 0 aliphatic carbocycles.